The van der Waals surface area contributed by atoms with Gasteiger partial charge in [-0.15, -0.1) is 0 Å². The van der Waals surface area contributed by atoms with E-state index in [0.29, 0.717) is 37.4 Å². The van der Waals surface area contributed by atoms with Crippen LogP contribution in [0.2, 0.25) is 0 Å². The average Bonchev–Trinajstić information content (AvgIpc) is 3.13. The van der Waals surface area contributed by atoms with Crippen LogP contribution in [-0.2, 0) is 20.2 Å². The SMILES string of the molecule is CCS(=O)(=O)N1CCC(C(=O)Nc2cc(C(C)(C)C)nn2-c2ccc(F)cc2)CC1. The number of amides is 1. The van der Waals surface area contributed by atoms with Crippen molar-refractivity contribution in [1.82, 2.24) is 14.1 Å². The molecule has 1 aromatic heterocycles. The molecule has 0 spiro atoms. The van der Waals surface area contributed by atoms with Crippen LogP contribution in [0.4, 0.5) is 10.2 Å². The van der Waals surface area contributed by atoms with Crippen LogP contribution >= 0.6 is 0 Å². The van der Waals surface area contributed by atoms with Crippen LogP contribution in [0.15, 0.2) is 30.3 Å². The van der Waals surface area contributed by atoms with Gasteiger partial charge < -0.3 is 5.32 Å². The molecule has 0 saturated carbocycles. The Bertz CT molecular complexity index is 1000. The summed E-state index contributed by atoms with van der Waals surface area (Å²) in [6, 6.07) is 7.75. The van der Waals surface area contributed by atoms with Gasteiger partial charge in [0.1, 0.15) is 11.6 Å². The molecule has 9 heteroatoms. The van der Waals surface area contributed by atoms with Gasteiger partial charge in [0.15, 0.2) is 0 Å². The number of hydrogen-bond acceptors (Lipinski definition) is 4. The molecule has 30 heavy (non-hydrogen) atoms. The number of nitrogens with one attached hydrogen (secondary N) is 1. The number of sulfonamides is 1. The standard InChI is InChI=1S/C21H29FN4O3S/c1-5-30(28,29)25-12-10-15(11-13-25)20(27)23-19-14-18(21(2,3)4)24-26(19)17-8-6-16(22)7-9-17/h6-9,14-15H,5,10-13H2,1-4H3,(H,23,27). The summed E-state index contributed by atoms with van der Waals surface area (Å²) in [6.07, 6.45) is 0.948. The van der Waals surface area contributed by atoms with E-state index in [4.69, 9.17) is 0 Å². The highest BCUT2D eigenvalue weighted by atomic mass is 32.2. The van der Waals surface area contributed by atoms with Gasteiger partial charge in [0.25, 0.3) is 0 Å². The zero-order valence-electron chi connectivity index (χ0n) is 17.9. The highest BCUT2D eigenvalue weighted by molar-refractivity contribution is 7.89. The lowest BCUT2D eigenvalue weighted by molar-refractivity contribution is -0.120. The zero-order chi connectivity index (χ0) is 22.1. The van der Waals surface area contributed by atoms with Gasteiger partial charge in [-0.3, -0.25) is 4.79 Å². The van der Waals surface area contributed by atoms with Crippen molar-refractivity contribution in [2.24, 2.45) is 5.92 Å². The highest BCUT2D eigenvalue weighted by Crippen LogP contribution is 2.28. The smallest absolute Gasteiger partial charge is 0.228 e. The summed E-state index contributed by atoms with van der Waals surface area (Å²) in [5, 5.41) is 7.58. The van der Waals surface area contributed by atoms with E-state index < -0.39 is 10.0 Å². The van der Waals surface area contributed by atoms with E-state index in [-0.39, 0.29) is 28.8 Å². The van der Waals surface area contributed by atoms with Gasteiger partial charge in [0.05, 0.1) is 17.1 Å². The fourth-order valence-electron chi connectivity index (χ4n) is 3.42. The van der Waals surface area contributed by atoms with Crippen molar-refractivity contribution in [3.63, 3.8) is 0 Å². The number of rotatable bonds is 5. The molecular formula is C21H29FN4O3S. The van der Waals surface area contributed by atoms with E-state index in [9.17, 15) is 17.6 Å². The van der Waals surface area contributed by atoms with Crippen molar-refractivity contribution in [1.29, 1.82) is 0 Å². The Morgan fingerprint density at radius 2 is 1.80 bits per heavy atom. The summed E-state index contributed by atoms with van der Waals surface area (Å²) >= 11 is 0. The number of hydrogen-bond donors (Lipinski definition) is 1. The number of anilines is 1. The summed E-state index contributed by atoms with van der Waals surface area (Å²) in [5.74, 6) is -0.201. The number of carbonyl (C=O) groups is 1. The number of halogens is 1. The van der Waals surface area contributed by atoms with E-state index in [1.54, 1.807) is 23.7 Å². The molecule has 2 aromatic rings. The normalized spacial score (nSPS) is 16.6. The van der Waals surface area contributed by atoms with Crippen molar-refractivity contribution in [2.45, 2.75) is 46.0 Å². The predicted molar refractivity (Wildman–Crippen MR) is 115 cm³/mol. The van der Waals surface area contributed by atoms with Gasteiger partial charge in [-0.1, -0.05) is 20.8 Å². The minimum absolute atomic E-state index is 0.0658. The molecule has 1 N–H and O–H groups in total. The molecule has 0 bridgehead atoms. The van der Waals surface area contributed by atoms with Crippen molar-refractivity contribution >= 4 is 21.7 Å². The first-order chi connectivity index (χ1) is 14.0. The van der Waals surface area contributed by atoms with Crippen molar-refractivity contribution < 1.29 is 17.6 Å². The molecule has 1 saturated heterocycles. The Kier molecular flexibility index (Phi) is 6.33. The fraction of sp³-hybridized carbons (Fsp3) is 0.524. The third-order valence-corrected chi connectivity index (χ3v) is 7.26. The molecule has 0 atom stereocenters. The molecule has 1 aliphatic heterocycles. The summed E-state index contributed by atoms with van der Waals surface area (Å²) in [4.78, 5) is 12.9. The molecule has 1 amide bonds. The molecule has 2 heterocycles. The monoisotopic (exact) mass is 436 g/mol. The van der Waals surface area contributed by atoms with Crippen molar-refractivity contribution in [3.05, 3.63) is 41.8 Å². The minimum Gasteiger partial charge on any atom is -0.310 e. The van der Waals surface area contributed by atoms with Gasteiger partial charge >= 0.3 is 0 Å². The van der Waals surface area contributed by atoms with Crippen molar-refractivity contribution in [2.75, 3.05) is 24.2 Å². The fourth-order valence-corrected chi connectivity index (χ4v) is 4.56. The third kappa shape index (κ3) is 4.89. The minimum atomic E-state index is -3.23. The van der Waals surface area contributed by atoms with Crippen LogP contribution < -0.4 is 5.32 Å². The molecule has 1 aliphatic rings. The molecule has 7 nitrogen and oxygen atoms in total. The Hall–Kier alpha value is -2.26. The first-order valence-corrected chi connectivity index (χ1v) is 11.8. The maximum absolute atomic E-state index is 13.3. The van der Waals surface area contributed by atoms with Gasteiger partial charge in [-0.25, -0.2) is 21.8 Å². The number of carbonyl (C=O) groups excluding carboxylic acids is 1. The van der Waals surface area contributed by atoms with Gasteiger partial charge in [-0.05, 0) is 44.0 Å². The van der Waals surface area contributed by atoms with E-state index in [0.717, 1.165) is 5.69 Å². The average molecular weight is 437 g/mol. The Morgan fingerprint density at radius 1 is 1.20 bits per heavy atom. The number of nitrogens with zero attached hydrogens (tertiary/aromatic N) is 3. The van der Waals surface area contributed by atoms with Gasteiger partial charge in [-0.2, -0.15) is 5.10 Å². The number of aromatic nitrogens is 2. The Morgan fingerprint density at radius 3 is 2.33 bits per heavy atom. The maximum atomic E-state index is 13.3. The van der Waals surface area contributed by atoms with Gasteiger partial charge in [0, 0.05) is 30.5 Å². The van der Waals surface area contributed by atoms with Crippen LogP contribution in [0.3, 0.4) is 0 Å². The van der Waals surface area contributed by atoms with Crippen LogP contribution in [0.1, 0.15) is 46.2 Å². The lowest BCUT2D eigenvalue weighted by Gasteiger charge is -2.30. The second-order valence-corrected chi connectivity index (χ2v) is 10.9. The van der Waals surface area contributed by atoms with Gasteiger partial charge in [0.2, 0.25) is 15.9 Å². The third-order valence-electron chi connectivity index (χ3n) is 5.38. The first-order valence-electron chi connectivity index (χ1n) is 10.2. The van der Waals surface area contributed by atoms with E-state index in [2.05, 4.69) is 10.4 Å². The summed E-state index contributed by atoms with van der Waals surface area (Å²) in [6.45, 7) is 8.40. The molecule has 1 aromatic carbocycles. The molecule has 1 fully saturated rings. The van der Waals surface area contributed by atoms with Crippen LogP contribution in [0.5, 0.6) is 0 Å². The Balaban J connectivity index is 1.79. The largest absolute Gasteiger partial charge is 0.310 e. The van der Waals surface area contributed by atoms with Crippen LogP contribution in [0, 0.1) is 11.7 Å². The summed E-state index contributed by atoms with van der Waals surface area (Å²) < 4.78 is 40.5. The molecule has 0 aliphatic carbocycles. The number of benzene rings is 1. The Labute approximate surface area is 177 Å². The second-order valence-electron chi connectivity index (χ2n) is 8.62. The van der Waals surface area contributed by atoms with E-state index in [1.165, 1.54) is 16.4 Å². The van der Waals surface area contributed by atoms with E-state index in [1.807, 2.05) is 26.8 Å². The summed E-state index contributed by atoms with van der Waals surface area (Å²) in [5.41, 5.74) is 1.21. The number of piperidine rings is 1. The first kappa shape index (κ1) is 22.4. The summed E-state index contributed by atoms with van der Waals surface area (Å²) in [7, 11) is -3.23. The molecule has 0 radical (unpaired) electrons. The van der Waals surface area contributed by atoms with Crippen LogP contribution in [-0.4, -0.2) is 47.3 Å². The second kappa shape index (κ2) is 8.47. The topological polar surface area (TPSA) is 84.3 Å². The maximum Gasteiger partial charge on any atom is 0.228 e. The highest BCUT2D eigenvalue weighted by Gasteiger charge is 2.31. The van der Waals surface area contributed by atoms with Crippen LogP contribution in [0.25, 0.3) is 5.69 Å². The lowest BCUT2D eigenvalue weighted by atomic mass is 9.92. The lowest BCUT2D eigenvalue weighted by Crippen LogP contribution is -2.42. The molecule has 164 valence electrons. The molecule has 3 rings (SSSR count). The molecular weight excluding hydrogens is 407 g/mol. The van der Waals surface area contributed by atoms with E-state index >= 15 is 0 Å². The molecule has 0 unspecified atom stereocenters. The zero-order valence-corrected chi connectivity index (χ0v) is 18.7. The van der Waals surface area contributed by atoms with Crippen molar-refractivity contribution in [3.8, 4) is 5.69 Å². The quantitative estimate of drug-likeness (QED) is 0.779. The predicted octanol–water partition coefficient (Wildman–Crippen LogP) is 3.31.